The van der Waals surface area contributed by atoms with Gasteiger partial charge >= 0.3 is 0 Å². The lowest BCUT2D eigenvalue weighted by molar-refractivity contribution is -0.133. The van der Waals surface area contributed by atoms with Crippen LogP contribution in [0, 0.1) is 6.92 Å². The number of fused-ring (bicyclic) bond motifs is 2. The number of aryl methyl sites for hydroxylation is 2. The van der Waals surface area contributed by atoms with Gasteiger partial charge in [-0.3, -0.25) is 9.69 Å². The Morgan fingerprint density at radius 1 is 1.46 bits per heavy atom. The van der Waals surface area contributed by atoms with Crippen LogP contribution in [-0.2, 0) is 24.2 Å². The van der Waals surface area contributed by atoms with E-state index >= 15 is 0 Å². The number of thiazole rings is 1. The summed E-state index contributed by atoms with van der Waals surface area (Å²) in [7, 11) is 1.97. The fraction of sp³-hybridized carbons (Fsp3) is 0.556. The number of nitrogens with zero attached hydrogens (tertiary/aromatic N) is 3. The Morgan fingerprint density at radius 3 is 3.21 bits per heavy atom. The van der Waals surface area contributed by atoms with Crippen molar-refractivity contribution < 1.29 is 4.79 Å². The number of rotatable bonds is 3. The standard InChI is InChI=1S/C18H23N3OS2/c1-12-19-14-4-3-5-15(18(14)24-12)20(2)17(22)11-21-8-6-16-13(10-21)7-9-23-16/h7,9,15H,3-6,8,10-11H2,1-2H3/t15-/m0/s1. The molecule has 2 aliphatic rings. The van der Waals surface area contributed by atoms with E-state index in [-0.39, 0.29) is 11.9 Å². The van der Waals surface area contributed by atoms with Crippen molar-refractivity contribution in [2.24, 2.45) is 0 Å². The molecule has 0 unspecified atom stereocenters. The summed E-state index contributed by atoms with van der Waals surface area (Å²) in [5.74, 6) is 0.234. The van der Waals surface area contributed by atoms with Gasteiger partial charge in [-0.15, -0.1) is 22.7 Å². The monoisotopic (exact) mass is 361 g/mol. The summed E-state index contributed by atoms with van der Waals surface area (Å²) in [5.41, 5.74) is 2.62. The van der Waals surface area contributed by atoms with Crippen molar-refractivity contribution in [2.45, 2.75) is 45.2 Å². The Labute approximate surface area is 151 Å². The summed E-state index contributed by atoms with van der Waals surface area (Å²) in [6, 6.07) is 2.42. The molecule has 0 spiro atoms. The number of carbonyl (C=O) groups excluding carboxylic acids is 1. The third-order valence-corrected chi connectivity index (χ3v) is 7.27. The maximum atomic E-state index is 12.8. The fourth-order valence-electron chi connectivity index (χ4n) is 3.81. The van der Waals surface area contributed by atoms with Crippen molar-refractivity contribution in [1.29, 1.82) is 0 Å². The third-order valence-electron chi connectivity index (χ3n) is 5.13. The van der Waals surface area contributed by atoms with E-state index in [0.29, 0.717) is 6.54 Å². The van der Waals surface area contributed by atoms with Gasteiger partial charge in [0.25, 0.3) is 0 Å². The lowest BCUT2D eigenvalue weighted by atomic mass is 9.97. The summed E-state index contributed by atoms with van der Waals surface area (Å²) in [5, 5.41) is 3.28. The summed E-state index contributed by atoms with van der Waals surface area (Å²) in [6.45, 7) is 4.49. The van der Waals surface area contributed by atoms with Crippen LogP contribution < -0.4 is 0 Å². The molecule has 4 nitrogen and oxygen atoms in total. The lowest BCUT2D eigenvalue weighted by Gasteiger charge is -2.33. The molecule has 6 heteroatoms. The van der Waals surface area contributed by atoms with Crippen molar-refractivity contribution in [2.75, 3.05) is 20.1 Å². The molecular formula is C18H23N3OS2. The molecule has 0 fully saturated rings. The van der Waals surface area contributed by atoms with E-state index in [1.807, 2.05) is 23.3 Å². The van der Waals surface area contributed by atoms with Crippen molar-refractivity contribution in [3.05, 3.63) is 37.5 Å². The van der Waals surface area contributed by atoms with Gasteiger partial charge in [0.2, 0.25) is 5.91 Å². The van der Waals surface area contributed by atoms with E-state index in [4.69, 9.17) is 0 Å². The van der Waals surface area contributed by atoms with Gasteiger partial charge in [-0.25, -0.2) is 4.98 Å². The molecule has 0 saturated carbocycles. The zero-order valence-corrected chi connectivity index (χ0v) is 15.9. The van der Waals surface area contributed by atoms with Crippen LogP contribution in [0.5, 0.6) is 0 Å². The molecule has 1 aliphatic carbocycles. The van der Waals surface area contributed by atoms with Gasteiger partial charge in [-0.05, 0) is 49.6 Å². The predicted molar refractivity (Wildman–Crippen MR) is 98.6 cm³/mol. The Hall–Kier alpha value is -1.24. The second-order valence-corrected chi connectivity index (χ2v) is 9.02. The van der Waals surface area contributed by atoms with Crippen LogP contribution >= 0.6 is 22.7 Å². The van der Waals surface area contributed by atoms with Gasteiger partial charge in [0.05, 0.1) is 28.2 Å². The second-order valence-electron chi connectivity index (χ2n) is 6.79. The number of hydrogen-bond donors (Lipinski definition) is 0. The van der Waals surface area contributed by atoms with Crippen molar-refractivity contribution >= 4 is 28.6 Å². The van der Waals surface area contributed by atoms with Crippen LogP contribution in [0.15, 0.2) is 11.4 Å². The number of hydrogen-bond acceptors (Lipinski definition) is 5. The molecule has 0 aromatic carbocycles. The second kappa shape index (κ2) is 6.58. The molecular weight excluding hydrogens is 338 g/mol. The smallest absolute Gasteiger partial charge is 0.237 e. The van der Waals surface area contributed by atoms with Gasteiger partial charge in [-0.1, -0.05) is 0 Å². The first-order valence-electron chi connectivity index (χ1n) is 8.61. The van der Waals surface area contributed by atoms with Gasteiger partial charge in [0.1, 0.15) is 0 Å². The highest BCUT2D eigenvalue weighted by molar-refractivity contribution is 7.11. The summed E-state index contributed by atoms with van der Waals surface area (Å²) in [6.07, 6.45) is 4.32. The number of carbonyl (C=O) groups is 1. The van der Waals surface area contributed by atoms with E-state index in [0.717, 1.165) is 43.8 Å². The molecule has 24 heavy (non-hydrogen) atoms. The average molecular weight is 362 g/mol. The molecule has 0 bridgehead atoms. The summed E-state index contributed by atoms with van der Waals surface area (Å²) in [4.78, 5) is 24.6. The van der Waals surface area contributed by atoms with E-state index < -0.39 is 0 Å². The van der Waals surface area contributed by atoms with Gasteiger partial charge in [0, 0.05) is 25.0 Å². The SMILES string of the molecule is Cc1nc2c(s1)[C@@H](N(C)C(=O)CN1CCc3sccc3C1)CCC2. The molecule has 0 N–H and O–H groups in total. The predicted octanol–water partition coefficient (Wildman–Crippen LogP) is 3.41. The van der Waals surface area contributed by atoms with Crippen LogP contribution in [-0.4, -0.2) is 40.8 Å². The average Bonchev–Trinajstić information content (AvgIpc) is 3.18. The zero-order chi connectivity index (χ0) is 16.7. The molecule has 2 aromatic rings. The normalized spacial score (nSPS) is 20.5. The van der Waals surface area contributed by atoms with Gasteiger partial charge < -0.3 is 4.90 Å². The van der Waals surface area contributed by atoms with Crippen LogP contribution in [0.2, 0.25) is 0 Å². The van der Waals surface area contributed by atoms with Gasteiger partial charge in [0.15, 0.2) is 0 Å². The van der Waals surface area contributed by atoms with Crippen LogP contribution in [0.1, 0.15) is 44.9 Å². The maximum Gasteiger partial charge on any atom is 0.237 e. The highest BCUT2D eigenvalue weighted by Crippen LogP contribution is 2.37. The number of aromatic nitrogens is 1. The molecule has 1 atom stereocenters. The fourth-order valence-corrected chi connectivity index (χ4v) is 5.85. The minimum Gasteiger partial charge on any atom is -0.337 e. The lowest BCUT2D eigenvalue weighted by Crippen LogP contribution is -2.42. The Kier molecular flexibility index (Phi) is 4.45. The number of amides is 1. The number of likely N-dealkylation sites (N-methyl/N-ethyl adjacent to an activating group) is 1. The largest absolute Gasteiger partial charge is 0.337 e. The van der Waals surface area contributed by atoms with Crippen molar-refractivity contribution in [1.82, 2.24) is 14.8 Å². The highest BCUT2D eigenvalue weighted by Gasteiger charge is 2.30. The van der Waals surface area contributed by atoms with E-state index in [1.165, 1.54) is 21.0 Å². The van der Waals surface area contributed by atoms with Crippen LogP contribution in [0.4, 0.5) is 0 Å². The van der Waals surface area contributed by atoms with E-state index in [1.54, 1.807) is 11.3 Å². The molecule has 128 valence electrons. The van der Waals surface area contributed by atoms with Crippen molar-refractivity contribution in [3.63, 3.8) is 0 Å². The first-order chi connectivity index (χ1) is 11.6. The summed E-state index contributed by atoms with van der Waals surface area (Å²) >= 11 is 3.61. The Morgan fingerprint density at radius 2 is 2.33 bits per heavy atom. The molecule has 1 amide bonds. The first-order valence-corrected chi connectivity index (χ1v) is 10.3. The van der Waals surface area contributed by atoms with Crippen LogP contribution in [0.3, 0.4) is 0 Å². The number of thiophene rings is 1. The maximum absolute atomic E-state index is 12.8. The van der Waals surface area contributed by atoms with E-state index in [9.17, 15) is 4.79 Å². The Balaban J connectivity index is 1.44. The topological polar surface area (TPSA) is 36.4 Å². The third kappa shape index (κ3) is 3.03. The minimum absolute atomic E-state index is 0.217. The first kappa shape index (κ1) is 16.2. The minimum atomic E-state index is 0.217. The summed E-state index contributed by atoms with van der Waals surface area (Å²) < 4.78 is 0. The molecule has 2 aromatic heterocycles. The molecule has 0 saturated heterocycles. The molecule has 0 radical (unpaired) electrons. The highest BCUT2D eigenvalue weighted by atomic mass is 32.1. The van der Waals surface area contributed by atoms with E-state index in [2.05, 4.69) is 28.3 Å². The molecule has 3 heterocycles. The van der Waals surface area contributed by atoms with Crippen molar-refractivity contribution in [3.8, 4) is 0 Å². The quantitative estimate of drug-likeness (QED) is 0.841. The zero-order valence-electron chi connectivity index (χ0n) is 14.2. The van der Waals surface area contributed by atoms with Gasteiger partial charge in [-0.2, -0.15) is 0 Å². The Bertz CT molecular complexity index is 751. The molecule has 1 aliphatic heterocycles. The molecule has 4 rings (SSSR count). The van der Waals surface area contributed by atoms with Crippen LogP contribution in [0.25, 0.3) is 0 Å².